The number of hydrogen-bond acceptors (Lipinski definition) is 5. The van der Waals surface area contributed by atoms with Crippen LogP contribution in [0.5, 0.6) is 0 Å². The number of carbonyl (C=O) groups excluding carboxylic acids is 1. The van der Waals surface area contributed by atoms with E-state index < -0.39 is 6.10 Å². The summed E-state index contributed by atoms with van der Waals surface area (Å²) in [5, 5.41) is 17.6. The molecule has 0 aliphatic carbocycles. The molecule has 2 rings (SSSR count). The molecule has 7 heteroatoms. The van der Waals surface area contributed by atoms with Gasteiger partial charge in [0.05, 0.1) is 18.3 Å². The minimum atomic E-state index is -0.610. The summed E-state index contributed by atoms with van der Waals surface area (Å²) in [6, 6.07) is -0.221. The third kappa shape index (κ3) is 3.77. The van der Waals surface area contributed by atoms with E-state index in [1.807, 2.05) is 0 Å². The molecule has 1 aliphatic heterocycles. The van der Waals surface area contributed by atoms with Gasteiger partial charge in [0, 0.05) is 25.9 Å². The van der Waals surface area contributed by atoms with Gasteiger partial charge in [0.15, 0.2) is 0 Å². The van der Waals surface area contributed by atoms with Crippen LogP contribution >= 0.6 is 0 Å². The molecule has 112 valence electrons. The molecule has 7 nitrogen and oxygen atoms in total. The molecular formula is C13H22N4O3. The number of hydrogen-bond donors (Lipinski definition) is 1. The Labute approximate surface area is 118 Å². The van der Waals surface area contributed by atoms with E-state index in [1.165, 1.54) is 0 Å². The minimum Gasteiger partial charge on any atom is -0.389 e. The zero-order chi connectivity index (χ0) is 14.4. The number of aromatic nitrogens is 3. The summed E-state index contributed by atoms with van der Waals surface area (Å²) in [6.07, 6.45) is 5.88. The van der Waals surface area contributed by atoms with Gasteiger partial charge >= 0.3 is 0 Å². The maximum atomic E-state index is 12.0. The Morgan fingerprint density at radius 3 is 3.00 bits per heavy atom. The van der Waals surface area contributed by atoms with Crippen LogP contribution in [-0.4, -0.2) is 63.3 Å². The van der Waals surface area contributed by atoms with Crippen molar-refractivity contribution in [3.05, 3.63) is 12.4 Å². The number of rotatable bonds is 7. The fraction of sp³-hybridized carbons (Fsp3) is 0.769. The number of unbranched alkanes of at least 4 members (excludes halogenated alkanes) is 2. The van der Waals surface area contributed by atoms with Gasteiger partial charge in [-0.05, 0) is 6.42 Å². The van der Waals surface area contributed by atoms with E-state index in [-0.39, 0.29) is 18.6 Å². The summed E-state index contributed by atoms with van der Waals surface area (Å²) in [5.74, 6) is -0.0804. The number of aliphatic hydroxyl groups excluding tert-OH is 1. The summed E-state index contributed by atoms with van der Waals surface area (Å²) in [4.78, 5) is 13.6. The molecule has 0 unspecified atom stereocenters. The smallest absolute Gasteiger partial charge is 0.248 e. The molecule has 1 amide bonds. The lowest BCUT2D eigenvalue weighted by Gasteiger charge is -2.16. The number of aliphatic hydroxyl groups is 1. The maximum Gasteiger partial charge on any atom is 0.248 e. The predicted octanol–water partition coefficient (Wildman–Crippen LogP) is 0.229. The third-order valence-corrected chi connectivity index (χ3v) is 3.51. The van der Waals surface area contributed by atoms with Gasteiger partial charge in [0.25, 0.3) is 0 Å². The number of amides is 1. The van der Waals surface area contributed by atoms with Crippen LogP contribution in [0.3, 0.4) is 0 Å². The van der Waals surface area contributed by atoms with Gasteiger partial charge in [-0.2, -0.15) is 0 Å². The fourth-order valence-corrected chi connectivity index (χ4v) is 2.33. The SMILES string of the molecule is CCCCCOCC(=O)N1C[C@@H](O)[C@H](n2ccnn2)C1. The summed E-state index contributed by atoms with van der Waals surface area (Å²) in [6.45, 7) is 3.59. The molecule has 0 spiro atoms. The first-order valence-electron chi connectivity index (χ1n) is 7.11. The molecular weight excluding hydrogens is 260 g/mol. The molecule has 1 fully saturated rings. The molecule has 0 saturated carbocycles. The van der Waals surface area contributed by atoms with Crippen molar-refractivity contribution in [1.29, 1.82) is 0 Å². The van der Waals surface area contributed by atoms with E-state index in [1.54, 1.807) is 22.0 Å². The lowest BCUT2D eigenvalue weighted by Crippen LogP contribution is -2.33. The van der Waals surface area contributed by atoms with Crippen molar-refractivity contribution in [2.45, 2.75) is 38.3 Å². The highest BCUT2D eigenvalue weighted by Gasteiger charge is 2.35. The molecule has 20 heavy (non-hydrogen) atoms. The van der Waals surface area contributed by atoms with E-state index in [0.717, 1.165) is 19.3 Å². The van der Waals surface area contributed by atoms with E-state index in [9.17, 15) is 9.90 Å². The van der Waals surface area contributed by atoms with Gasteiger partial charge in [-0.15, -0.1) is 5.10 Å². The van der Waals surface area contributed by atoms with Gasteiger partial charge in [0.2, 0.25) is 5.91 Å². The van der Waals surface area contributed by atoms with Crippen molar-refractivity contribution in [3.63, 3.8) is 0 Å². The average molecular weight is 282 g/mol. The standard InChI is InChI=1S/C13H22N4O3/c1-2-3-4-7-20-10-13(19)16-8-11(12(18)9-16)17-6-5-14-15-17/h5-6,11-12,18H,2-4,7-10H2,1H3/t11-,12-/m1/s1. The van der Waals surface area contributed by atoms with Crippen LogP contribution in [0.1, 0.15) is 32.2 Å². The molecule has 0 aromatic carbocycles. The predicted molar refractivity (Wildman–Crippen MR) is 72.0 cm³/mol. The summed E-state index contributed by atoms with van der Waals surface area (Å²) < 4.78 is 6.96. The van der Waals surface area contributed by atoms with E-state index in [4.69, 9.17) is 4.74 Å². The molecule has 1 saturated heterocycles. The van der Waals surface area contributed by atoms with Crippen LogP contribution in [0.25, 0.3) is 0 Å². The quantitative estimate of drug-likeness (QED) is 0.724. The van der Waals surface area contributed by atoms with Gasteiger partial charge in [0.1, 0.15) is 6.61 Å². The highest BCUT2D eigenvalue weighted by molar-refractivity contribution is 5.77. The first-order chi connectivity index (χ1) is 9.72. The highest BCUT2D eigenvalue weighted by atomic mass is 16.5. The van der Waals surface area contributed by atoms with Crippen molar-refractivity contribution >= 4 is 5.91 Å². The lowest BCUT2D eigenvalue weighted by atomic mass is 10.2. The van der Waals surface area contributed by atoms with Gasteiger partial charge in [-0.1, -0.05) is 25.0 Å². The fourth-order valence-electron chi connectivity index (χ4n) is 2.33. The zero-order valence-corrected chi connectivity index (χ0v) is 11.8. The Morgan fingerprint density at radius 2 is 2.30 bits per heavy atom. The molecule has 1 aliphatic rings. The van der Waals surface area contributed by atoms with Crippen LogP contribution in [0.2, 0.25) is 0 Å². The second kappa shape index (κ2) is 7.35. The lowest BCUT2D eigenvalue weighted by molar-refractivity contribution is -0.135. The molecule has 1 N–H and O–H groups in total. The number of nitrogens with zero attached hydrogens (tertiary/aromatic N) is 4. The summed E-state index contributed by atoms with van der Waals surface area (Å²) >= 11 is 0. The maximum absolute atomic E-state index is 12.0. The van der Waals surface area contributed by atoms with Crippen LogP contribution in [-0.2, 0) is 9.53 Å². The summed E-state index contributed by atoms with van der Waals surface area (Å²) in [7, 11) is 0. The molecule has 0 radical (unpaired) electrons. The normalized spacial score (nSPS) is 22.4. The Hall–Kier alpha value is -1.47. The number of likely N-dealkylation sites (tertiary alicyclic amines) is 1. The summed E-state index contributed by atoms with van der Waals surface area (Å²) in [5.41, 5.74) is 0. The van der Waals surface area contributed by atoms with Gasteiger partial charge < -0.3 is 14.7 Å². The monoisotopic (exact) mass is 282 g/mol. The number of β-amino-alcohol motifs (C(OH)–C–C–N with tert-alkyl or cyclic N) is 1. The van der Waals surface area contributed by atoms with E-state index in [0.29, 0.717) is 19.7 Å². The minimum absolute atomic E-state index is 0.0804. The van der Waals surface area contributed by atoms with Crippen LogP contribution in [0, 0.1) is 0 Å². The second-order valence-electron chi connectivity index (χ2n) is 5.08. The Bertz CT molecular complexity index is 410. The first kappa shape index (κ1) is 14.9. The molecule has 2 heterocycles. The molecule has 2 atom stereocenters. The average Bonchev–Trinajstić information content (AvgIpc) is 3.07. The van der Waals surface area contributed by atoms with Crippen molar-refractivity contribution in [1.82, 2.24) is 19.9 Å². The number of carbonyl (C=O) groups is 1. The van der Waals surface area contributed by atoms with Crippen LogP contribution < -0.4 is 0 Å². The van der Waals surface area contributed by atoms with E-state index >= 15 is 0 Å². The van der Waals surface area contributed by atoms with Crippen molar-refractivity contribution in [3.8, 4) is 0 Å². The molecule has 1 aromatic rings. The Balaban J connectivity index is 1.75. The van der Waals surface area contributed by atoms with Crippen molar-refractivity contribution in [2.75, 3.05) is 26.3 Å². The van der Waals surface area contributed by atoms with Crippen molar-refractivity contribution < 1.29 is 14.6 Å². The van der Waals surface area contributed by atoms with E-state index in [2.05, 4.69) is 17.2 Å². The largest absolute Gasteiger partial charge is 0.389 e. The number of ether oxygens (including phenoxy) is 1. The van der Waals surface area contributed by atoms with Crippen LogP contribution in [0.15, 0.2) is 12.4 Å². The van der Waals surface area contributed by atoms with Gasteiger partial charge in [-0.25, -0.2) is 4.68 Å². The van der Waals surface area contributed by atoms with Gasteiger partial charge in [-0.3, -0.25) is 4.79 Å². The topological polar surface area (TPSA) is 80.5 Å². The third-order valence-electron chi connectivity index (χ3n) is 3.51. The zero-order valence-electron chi connectivity index (χ0n) is 11.8. The molecule has 0 bridgehead atoms. The second-order valence-corrected chi connectivity index (χ2v) is 5.08. The Morgan fingerprint density at radius 1 is 1.45 bits per heavy atom. The first-order valence-corrected chi connectivity index (χ1v) is 7.11. The Kier molecular flexibility index (Phi) is 5.49. The van der Waals surface area contributed by atoms with Crippen LogP contribution in [0.4, 0.5) is 0 Å². The highest BCUT2D eigenvalue weighted by Crippen LogP contribution is 2.21. The molecule has 1 aromatic heterocycles. The van der Waals surface area contributed by atoms with Crippen molar-refractivity contribution in [2.24, 2.45) is 0 Å².